The minimum Gasteiger partial charge on any atom is -0.481 e. The van der Waals surface area contributed by atoms with Gasteiger partial charge in [-0.15, -0.1) is 0 Å². The molecule has 3 fully saturated rings. The molecule has 0 spiro atoms. The Kier molecular flexibility index (Phi) is 4.78. The van der Waals surface area contributed by atoms with E-state index in [1.165, 1.54) is 6.26 Å². The topological polar surface area (TPSA) is 130 Å². The summed E-state index contributed by atoms with van der Waals surface area (Å²) >= 11 is 0. The zero-order valence-corrected chi connectivity index (χ0v) is 17.8. The number of carboxylic acid groups (broad SMARTS) is 1. The quantitative estimate of drug-likeness (QED) is 0.372. The molecule has 2 bridgehead atoms. The predicted octanol–water partition coefficient (Wildman–Crippen LogP) is 4.25. The molecule has 0 radical (unpaired) electrons. The highest BCUT2D eigenvalue weighted by atomic mass is 19.2. The Morgan fingerprint density at radius 1 is 1.12 bits per heavy atom. The van der Waals surface area contributed by atoms with Crippen molar-refractivity contribution < 1.29 is 23.1 Å². The van der Waals surface area contributed by atoms with Crippen LogP contribution in [0.1, 0.15) is 25.7 Å². The molecule has 0 amide bonds. The molecule has 2 unspecified atom stereocenters. The summed E-state index contributed by atoms with van der Waals surface area (Å²) in [4.78, 5) is 24.7. The first kappa shape index (κ1) is 20.7. The maximum Gasteiger partial charge on any atom is 0.308 e. The first-order valence-corrected chi connectivity index (χ1v) is 11.1. The van der Waals surface area contributed by atoms with Crippen molar-refractivity contribution in [3.63, 3.8) is 0 Å². The lowest BCUT2D eigenvalue weighted by atomic mass is 9.61. The third-order valence-electron chi connectivity index (χ3n) is 6.99. The number of furan rings is 1. The van der Waals surface area contributed by atoms with Crippen LogP contribution in [0.2, 0.25) is 0 Å². The van der Waals surface area contributed by atoms with Gasteiger partial charge in [0.05, 0.1) is 17.6 Å². The van der Waals surface area contributed by atoms with Crippen LogP contribution in [0.5, 0.6) is 0 Å². The first-order chi connectivity index (χ1) is 16.5. The van der Waals surface area contributed by atoms with E-state index >= 15 is 0 Å². The first-order valence-electron chi connectivity index (χ1n) is 11.1. The number of hydrogen-bond acceptors (Lipinski definition) is 7. The lowest BCUT2D eigenvalue weighted by molar-refractivity contribution is -0.148. The molecule has 174 valence electrons. The molecule has 0 saturated heterocycles. The fourth-order valence-corrected chi connectivity index (χ4v) is 5.43. The van der Waals surface area contributed by atoms with Crippen LogP contribution in [0.25, 0.3) is 34.0 Å². The average molecular weight is 466 g/mol. The van der Waals surface area contributed by atoms with Crippen LogP contribution in [0.15, 0.2) is 34.9 Å². The maximum absolute atomic E-state index is 13.9. The predicted molar refractivity (Wildman–Crippen MR) is 117 cm³/mol. The molecule has 11 heteroatoms. The Labute approximate surface area is 191 Å². The molecule has 3 saturated carbocycles. The number of anilines is 1. The average Bonchev–Trinajstić information content (AvgIpc) is 3.50. The van der Waals surface area contributed by atoms with Crippen molar-refractivity contribution in [2.75, 3.05) is 5.32 Å². The number of fused-ring (bicyclic) bond motifs is 4. The van der Waals surface area contributed by atoms with E-state index in [0.717, 1.165) is 31.7 Å². The van der Waals surface area contributed by atoms with Crippen molar-refractivity contribution in [2.45, 2.75) is 31.7 Å². The zero-order valence-electron chi connectivity index (χ0n) is 17.8. The number of H-pyrrole nitrogens is 1. The van der Waals surface area contributed by atoms with Gasteiger partial charge in [0, 0.05) is 12.1 Å². The smallest absolute Gasteiger partial charge is 0.308 e. The van der Waals surface area contributed by atoms with Crippen LogP contribution in [0.3, 0.4) is 0 Å². The van der Waals surface area contributed by atoms with Gasteiger partial charge in [-0.25, -0.2) is 14.4 Å². The van der Waals surface area contributed by atoms with Gasteiger partial charge in [-0.3, -0.25) is 9.89 Å². The van der Waals surface area contributed by atoms with Crippen molar-refractivity contribution in [3.05, 3.63) is 42.3 Å². The molecule has 34 heavy (non-hydrogen) atoms. The summed E-state index contributed by atoms with van der Waals surface area (Å²) in [6.45, 7) is 0. The van der Waals surface area contributed by atoms with Gasteiger partial charge in [-0.1, -0.05) is 0 Å². The molecule has 7 rings (SSSR count). The van der Waals surface area contributed by atoms with Gasteiger partial charge in [0.25, 0.3) is 5.95 Å². The lowest BCUT2D eigenvalue weighted by Gasteiger charge is -2.47. The van der Waals surface area contributed by atoms with E-state index in [0.29, 0.717) is 17.3 Å². The van der Waals surface area contributed by atoms with Gasteiger partial charge in [0.2, 0.25) is 0 Å². The lowest BCUT2D eigenvalue weighted by Crippen LogP contribution is -2.51. The van der Waals surface area contributed by atoms with Gasteiger partial charge in [0.15, 0.2) is 23.0 Å². The summed E-state index contributed by atoms with van der Waals surface area (Å²) in [7, 11) is 0. The van der Waals surface area contributed by atoms with E-state index in [-0.39, 0.29) is 40.4 Å². The number of carboxylic acids is 1. The normalized spacial score (nSPS) is 23.9. The van der Waals surface area contributed by atoms with E-state index in [2.05, 4.69) is 30.5 Å². The summed E-state index contributed by atoms with van der Waals surface area (Å²) < 4.78 is 33.0. The SMILES string of the molecule is O=C(O)C1C2CCC(CC2)C1Nc1cc(-c2ccco2)nc(-c2n[nH]c3nc(F)c(F)cc23)n1. The number of carbonyl (C=O) groups is 1. The molecule has 0 aliphatic heterocycles. The molecule has 4 aromatic rings. The largest absolute Gasteiger partial charge is 0.481 e. The Bertz CT molecular complexity index is 1380. The van der Waals surface area contributed by atoms with Gasteiger partial charge in [-0.05, 0) is 55.7 Å². The summed E-state index contributed by atoms with van der Waals surface area (Å²) in [6.07, 6.45) is 5.28. The molecule has 4 heterocycles. The van der Waals surface area contributed by atoms with Gasteiger partial charge >= 0.3 is 5.97 Å². The third kappa shape index (κ3) is 3.39. The fraction of sp³-hybridized carbons (Fsp3) is 0.348. The molecule has 2 atom stereocenters. The Balaban J connectivity index is 1.45. The fourth-order valence-electron chi connectivity index (χ4n) is 5.43. The van der Waals surface area contributed by atoms with Crippen molar-refractivity contribution in [3.8, 4) is 23.0 Å². The minimum absolute atomic E-state index is 0.0611. The monoisotopic (exact) mass is 466 g/mol. The summed E-state index contributed by atoms with van der Waals surface area (Å²) in [6, 6.07) is 5.86. The van der Waals surface area contributed by atoms with E-state index in [1.807, 2.05) is 0 Å². The molecular weight excluding hydrogens is 446 g/mol. The minimum atomic E-state index is -1.23. The van der Waals surface area contributed by atoms with Gasteiger partial charge < -0.3 is 14.8 Å². The van der Waals surface area contributed by atoms with Crippen LogP contribution >= 0.6 is 0 Å². The highest BCUT2D eigenvalue weighted by molar-refractivity contribution is 5.89. The zero-order chi connectivity index (χ0) is 23.4. The van der Waals surface area contributed by atoms with Gasteiger partial charge in [0.1, 0.15) is 17.2 Å². The molecule has 3 N–H and O–H groups in total. The van der Waals surface area contributed by atoms with Crippen molar-refractivity contribution in [1.82, 2.24) is 25.1 Å². The standard InChI is InChI=1S/C23H20F2N6O3/c24-13-8-12-19(30-31-21(12)29-20(13)25)22-26-14(15-2-1-7-34-15)9-16(28-22)27-18-11-5-3-10(4-6-11)17(18)23(32)33/h1-2,7-11,17-18H,3-6H2,(H,32,33)(H,26,27,28)(H,29,30,31). The number of pyridine rings is 1. The molecule has 0 aromatic carbocycles. The second kappa shape index (κ2) is 7.86. The number of hydrogen-bond donors (Lipinski definition) is 3. The summed E-state index contributed by atoms with van der Waals surface area (Å²) in [5.41, 5.74) is 0.695. The van der Waals surface area contributed by atoms with Crippen LogP contribution < -0.4 is 5.32 Å². The molecule has 9 nitrogen and oxygen atoms in total. The molecule has 3 aliphatic carbocycles. The number of nitrogens with one attached hydrogen (secondary N) is 2. The summed E-state index contributed by atoms with van der Waals surface area (Å²) in [5.74, 6) is -2.29. The Morgan fingerprint density at radius 2 is 1.91 bits per heavy atom. The van der Waals surface area contributed by atoms with E-state index < -0.39 is 23.7 Å². The maximum atomic E-state index is 13.9. The highest BCUT2D eigenvalue weighted by Gasteiger charge is 2.47. The number of aromatic amines is 1. The number of aromatic nitrogens is 5. The van der Waals surface area contributed by atoms with Crippen molar-refractivity contribution in [2.24, 2.45) is 17.8 Å². The van der Waals surface area contributed by atoms with E-state index in [9.17, 15) is 18.7 Å². The third-order valence-corrected chi connectivity index (χ3v) is 6.99. The van der Waals surface area contributed by atoms with Crippen LogP contribution in [-0.4, -0.2) is 42.3 Å². The van der Waals surface area contributed by atoms with Crippen LogP contribution in [0.4, 0.5) is 14.6 Å². The van der Waals surface area contributed by atoms with Crippen LogP contribution in [0, 0.1) is 29.5 Å². The van der Waals surface area contributed by atoms with E-state index in [4.69, 9.17) is 4.42 Å². The Morgan fingerprint density at radius 3 is 2.65 bits per heavy atom. The number of nitrogens with zero attached hydrogens (tertiary/aromatic N) is 4. The Hall–Kier alpha value is -3.89. The molecule has 4 aromatic heterocycles. The summed E-state index contributed by atoms with van der Waals surface area (Å²) in [5, 5.41) is 20.2. The second-order valence-corrected chi connectivity index (χ2v) is 8.88. The number of halogens is 2. The molecule has 3 aliphatic rings. The van der Waals surface area contributed by atoms with Gasteiger partial charge in [-0.2, -0.15) is 14.5 Å². The van der Waals surface area contributed by atoms with Crippen molar-refractivity contribution >= 4 is 22.8 Å². The van der Waals surface area contributed by atoms with Crippen molar-refractivity contribution in [1.29, 1.82) is 0 Å². The number of rotatable bonds is 5. The van der Waals surface area contributed by atoms with Crippen LogP contribution in [-0.2, 0) is 4.79 Å². The number of aliphatic carboxylic acids is 1. The second-order valence-electron chi connectivity index (χ2n) is 8.88. The van der Waals surface area contributed by atoms with E-state index in [1.54, 1.807) is 18.2 Å². The molecular formula is C23H20F2N6O3. The highest BCUT2D eigenvalue weighted by Crippen LogP contribution is 2.46.